The second-order valence-corrected chi connectivity index (χ2v) is 7.86. The molecule has 0 saturated carbocycles. The maximum Gasteiger partial charge on any atom is 0.408 e. The molecule has 0 saturated heterocycles. The third-order valence-corrected chi connectivity index (χ3v) is 3.85. The molecule has 0 aromatic heterocycles. The molecule has 1 atom stereocenters. The van der Waals surface area contributed by atoms with Crippen LogP contribution in [0.5, 0.6) is 0 Å². The predicted octanol–water partition coefficient (Wildman–Crippen LogP) is 3.91. The minimum Gasteiger partial charge on any atom is -0.445 e. The summed E-state index contributed by atoms with van der Waals surface area (Å²) in [5.41, 5.74) is 1.16. The minimum atomic E-state index is -0.773. The summed E-state index contributed by atoms with van der Waals surface area (Å²) in [6.07, 6.45) is 1.88. The van der Waals surface area contributed by atoms with Crippen LogP contribution in [0.4, 0.5) is 15.3 Å². The standard InChI is InChI=1S/C22H33N3O5/c1-6-15-29-21(28)25-18(19(26)24-17-12-10-16(2)11-13-17)9-7-8-14-23-20(27)30-22(3,4)5/h6,10-13,18H,1,7-9,14-15H2,2-5H3,(H,23,27)(H,24,26)(H,25,28)/t18-/m0/s1. The number of anilines is 1. The molecular weight excluding hydrogens is 386 g/mol. The van der Waals surface area contributed by atoms with Crippen LogP contribution >= 0.6 is 0 Å². The second kappa shape index (κ2) is 12.5. The number of nitrogens with one attached hydrogen (secondary N) is 3. The van der Waals surface area contributed by atoms with Crippen LogP contribution in [-0.2, 0) is 14.3 Å². The van der Waals surface area contributed by atoms with E-state index in [4.69, 9.17) is 9.47 Å². The van der Waals surface area contributed by atoms with Crippen LogP contribution in [0.15, 0.2) is 36.9 Å². The van der Waals surface area contributed by atoms with Gasteiger partial charge in [0.15, 0.2) is 0 Å². The Hall–Kier alpha value is -3.03. The number of aryl methyl sites for hydroxylation is 1. The molecule has 0 aliphatic carbocycles. The molecule has 0 radical (unpaired) electrons. The first kappa shape index (κ1) is 25.0. The molecule has 0 bridgehead atoms. The van der Waals surface area contributed by atoms with Crippen molar-refractivity contribution in [1.29, 1.82) is 0 Å². The summed E-state index contributed by atoms with van der Waals surface area (Å²) in [5, 5.41) is 8.05. The second-order valence-electron chi connectivity index (χ2n) is 7.86. The summed E-state index contributed by atoms with van der Waals surface area (Å²) in [5.74, 6) is -0.338. The van der Waals surface area contributed by atoms with E-state index in [1.807, 2.05) is 19.1 Å². The van der Waals surface area contributed by atoms with Crippen molar-refractivity contribution in [2.24, 2.45) is 0 Å². The monoisotopic (exact) mass is 419 g/mol. The van der Waals surface area contributed by atoms with Crippen molar-refractivity contribution in [2.45, 2.75) is 58.6 Å². The maximum absolute atomic E-state index is 12.6. The molecule has 0 aliphatic rings. The van der Waals surface area contributed by atoms with Crippen LogP contribution < -0.4 is 16.0 Å². The number of ether oxygens (including phenoxy) is 2. The number of alkyl carbamates (subject to hydrolysis) is 2. The molecule has 3 N–H and O–H groups in total. The molecule has 0 heterocycles. The van der Waals surface area contributed by atoms with Crippen LogP contribution in [0, 0.1) is 6.92 Å². The van der Waals surface area contributed by atoms with E-state index in [9.17, 15) is 14.4 Å². The number of hydrogen-bond donors (Lipinski definition) is 3. The lowest BCUT2D eigenvalue weighted by atomic mass is 10.1. The lowest BCUT2D eigenvalue weighted by molar-refractivity contribution is -0.118. The maximum atomic E-state index is 12.6. The highest BCUT2D eigenvalue weighted by Crippen LogP contribution is 2.11. The van der Waals surface area contributed by atoms with Crippen LogP contribution in [0.1, 0.15) is 45.6 Å². The van der Waals surface area contributed by atoms with Gasteiger partial charge < -0.3 is 25.4 Å². The van der Waals surface area contributed by atoms with Crippen LogP contribution in [0.25, 0.3) is 0 Å². The topological polar surface area (TPSA) is 106 Å². The van der Waals surface area contributed by atoms with Gasteiger partial charge in [-0.05, 0) is 59.1 Å². The molecule has 30 heavy (non-hydrogen) atoms. The quantitative estimate of drug-likeness (QED) is 0.394. The number of rotatable bonds is 10. The zero-order valence-corrected chi connectivity index (χ0v) is 18.2. The molecular formula is C22H33N3O5. The molecule has 0 unspecified atom stereocenters. The van der Waals surface area contributed by atoms with E-state index >= 15 is 0 Å². The van der Waals surface area contributed by atoms with Gasteiger partial charge in [-0.25, -0.2) is 9.59 Å². The third-order valence-electron chi connectivity index (χ3n) is 3.85. The van der Waals surface area contributed by atoms with Gasteiger partial charge in [0.2, 0.25) is 5.91 Å². The molecule has 166 valence electrons. The van der Waals surface area contributed by atoms with Crippen molar-refractivity contribution in [3.63, 3.8) is 0 Å². The van der Waals surface area contributed by atoms with Gasteiger partial charge >= 0.3 is 12.2 Å². The third kappa shape index (κ3) is 11.1. The Morgan fingerprint density at radius 3 is 2.37 bits per heavy atom. The molecule has 0 aliphatic heterocycles. The zero-order chi connectivity index (χ0) is 22.6. The number of unbranched alkanes of at least 4 members (excludes halogenated alkanes) is 1. The number of hydrogen-bond acceptors (Lipinski definition) is 5. The van der Waals surface area contributed by atoms with E-state index in [0.29, 0.717) is 31.5 Å². The first-order valence-electron chi connectivity index (χ1n) is 9.99. The smallest absolute Gasteiger partial charge is 0.408 e. The average molecular weight is 420 g/mol. The van der Waals surface area contributed by atoms with Gasteiger partial charge in [0, 0.05) is 12.2 Å². The zero-order valence-electron chi connectivity index (χ0n) is 18.2. The Morgan fingerprint density at radius 1 is 1.10 bits per heavy atom. The molecule has 0 fully saturated rings. The van der Waals surface area contributed by atoms with Crippen molar-refractivity contribution < 1.29 is 23.9 Å². The summed E-state index contributed by atoms with van der Waals surface area (Å²) < 4.78 is 10.1. The number of carbonyl (C=O) groups is 3. The number of carbonyl (C=O) groups excluding carboxylic acids is 3. The van der Waals surface area contributed by atoms with Gasteiger partial charge in [0.05, 0.1) is 0 Å². The Labute approximate surface area is 178 Å². The summed E-state index contributed by atoms with van der Waals surface area (Å²) in [6.45, 7) is 11.3. The highest BCUT2D eigenvalue weighted by Gasteiger charge is 2.21. The van der Waals surface area contributed by atoms with E-state index in [1.54, 1.807) is 32.9 Å². The van der Waals surface area contributed by atoms with Crippen molar-refractivity contribution in [3.05, 3.63) is 42.5 Å². The SMILES string of the molecule is C=CCOC(=O)N[C@@H](CCCCNC(=O)OC(C)(C)C)C(=O)Nc1ccc(C)cc1. The van der Waals surface area contributed by atoms with E-state index < -0.39 is 23.8 Å². The fourth-order valence-electron chi connectivity index (χ4n) is 2.43. The largest absolute Gasteiger partial charge is 0.445 e. The van der Waals surface area contributed by atoms with Crippen LogP contribution in [0.3, 0.4) is 0 Å². The van der Waals surface area contributed by atoms with Gasteiger partial charge in [0.25, 0.3) is 0 Å². The minimum absolute atomic E-state index is 0.0535. The lowest BCUT2D eigenvalue weighted by Crippen LogP contribution is -2.44. The predicted molar refractivity (Wildman–Crippen MR) is 116 cm³/mol. The number of benzene rings is 1. The highest BCUT2D eigenvalue weighted by molar-refractivity contribution is 5.96. The Kier molecular flexibility index (Phi) is 10.4. The Balaban J connectivity index is 2.55. The van der Waals surface area contributed by atoms with Crippen molar-refractivity contribution in [1.82, 2.24) is 10.6 Å². The number of amides is 3. The molecule has 0 spiro atoms. The van der Waals surface area contributed by atoms with Gasteiger partial charge in [-0.15, -0.1) is 0 Å². The van der Waals surface area contributed by atoms with Crippen molar-refractivity contribution >= 4 is 23.8 Å². The highest BCUT2D eigenvalue weighted by atomic mass is 16.6. The summed E-state index contributed by atoms with van der Waals surface area (Å²) in [4.78, 5) is 36.2. The van der Waals surface area contributed by atoms with Gasteiger partial charge in [-0.3, -0.25) is 4.79 Å². The Morgan fingerprint density at radius 2 is 1.77 bits per heavy atom. The van der Waals surface area contributed by atoms with Crippen molar-refractivity contribution in [3.8, 4) is 0 Å². The molecule has 8 heteroatoms. The van der Waals surface area contributed by atoms with Crippen LogP contribution in [0.2, 0.25) is 0 Å². The normalized spacial score (nSPS) is 11.7. The van der Waals surface area contributed by atoms with Crippen molar-refractivity contribution in [2.75, 3.05) is 18.5 Å². The van der Waals surface area contributed by atoms with E-state index in [-0.39, 0.29) is 12.5 Å². The van der Waals surface area contributed by atoms with Gasteiger partial charge in [-0.2, -0.15) is 0 Å². The fourth-order valence-corrected chi connectivity index (χ4v) is 2.43. The summed E-state index contributed by atoms with van der Waals surface area (Å²) >= 11 is 0. The molecule has 1 rings (SSSR count). The lowest BCUT2D eigenvalue weighted by Gasteiger charge is -2.20. The van der Waals surface area contributed by atoms with Gasteiger partial charge in [0.1, 0.15) is 18.2 Å². The van der Waals surface area contributed by atoms with E-state index in [1.165, 1.54) is 6.08 Å². The fraction of sp³-hybridized carbons (Fsp3) is 0.500. The summed E-state index contributed by atoms with van der Waals surface area (Å²) in [7, 11) is 0. The van der Waals surface area contributed by atoms with E-state index in [0.717, 1.165) is 5.56 Å². The van der Waals surface area contributed by atoms with Crippen LogP contribution in [-0.4, -0.2) is 42.9 Å². The first-order chi connectivity index (χ1) is 14.1. The summed E-state index contributed by atoms with van der Waals surface area (Å²) in [6, 6.07) is 6.60. The van der Waals surface area contributed by atoms with Gasteiger partial charge in [-0.1, -0.05) is 30.4 Å². The first-order valence-corrected chi connectivity index (χ1v) is 9.99. The average Bonchev–Trinajstić information content (AvgIpc) is 2.65. The Bertz CT molecular complexity index is 710. The molecule has 1 aromatic rings. The molecule has 3 amide bonds. The molecule has 1 aromatic carbocycles. The molecule has 8 nitrogen and oxygen atoms in total. The van der Waals surface area contributed by atoms with E-state index in [2.05, 4.69) is 22.5 Å².